The maximum atomic E-state index is 11.8. The van der Waals surface area contributed by atoms with Gasteiger partial charge in [-0.2, -0.15) is 0 Å². The Morgan fingerprint density at radius 3 is 2.55 bits per heavy atom. The molecule has 0 radical (unpaired) electrons. The molecule has 1 heterocycles. The van der Waals surface area contributed by atoms with Crippen LogP contribution in [0.1, 0.15) is 15.9 Å². The summed E-state index contributed by atoms with van der Waals surface area (Å²) in [5, 5.41) is 3.83. The molecule has 0 aliphatic rings. The van der Waals surface area contributed by atoms with Crippen molar-refractivity contribution in [3.63, 3.8) is 0 Å². The molecule has 22 heavy (non-hydrogen) atoms. The van der Waals surface area contributed by atoms with Crippen LogP contribution in [0.15, 0.2) is 58.5 Å². The molecule has 1 N–H and O–H groups in total. The van der Waals surface area contributed by atoms with E-state index in [0.29, 0.717) is 5.56 Å². The first-order valence-electron chi connectivity index (χ1n) is 7.14. The number of nitrogens with one attached hydrogen (secondary N) is 1. The Hall–Kier alpha value is -2.20. The summed E-state index contributed by atoms with van der Waals surface area (Å²) in [6, 6.07) is 14.4. The lowest BCUT2D eigenvalue weighted by Crippen LogP contribution is -2.17. The molecular weight excluding hydrogens is 292 g/mol. The highest BCUT2D eigenvalue weighted by Crippen LogP contribution is 2.35. The number of benzene rings is 2. The largest absolute Gasteiger partial charge is 0.355 e. The molecule has 0 bridgehead atoms. The summed E-state index contributed by atoms with van der Waals surface area (Å²) in [6.07, 6.45) is 2.11. The summed E-state index contributed by atoms with van der Waals surface area (Å²) in [5.41, 5.74) is 3.01. The van der Waals surface area contributed by atoms with Gasteiger partial charge in [0.2, 0.25) is 0 Å². The van der Waals surface area contributed by atoms with Crippen LogP contribution in [0, 0.1) is 6.92 Å². The maximum absolute atomic E-state index is 11.8. The standard InChI is InChI=1S/C18H18N2OS/c1-12-4-7-14(8-5-12)22-17-11-20(3)16-10-13(18(21)19-2)6-9-15(16)17/h4-11H,1-3H3,(H,19,21). The minimum Gasteiger partial charge on any atom is -0.355 e. The van der Waals surface area contributed by atoms with Crippen LogP contribution in [-0.2, 0) is 7.05 Å². The third-order valence-corrected chi connectivity index (χ3v) is 4.75. The van der Waals surface area contributed by atoms with Gasteiger partial charge in [0, 0.05) is 46.5 Å². The van der Waals surface area contributed by atoms with Gasteiger partial charge in [-0.25, -0.2) is 0 Å². The number of amides is 1. The fraction of sp³-hybridized carbons (Fsp3) is 0.167. The summed E-state index contributed by atoms with van der Waals surface area (Å²) in [4.78, 5) is 14.2. The van der Waals surface area contributed by atoms with Gasteiger partial charge >= 0.3 is 0 Å². The predicted octanol–water partition coefficient (Wildman–Crippen LogP) is 4.00. The van der Waals surface area contributed by atoms with E-state index >= 15 is 0 Å². The quantitative estimate of drug-likeness (QED) is 0.793. The number of fused-ring (bicyclic) bond motifs is 1. The molecule has 0 atom stereocenters. The van der Waals surface area contributed by atoms with Gasteiger partial charge in [-0.3, -0.25) is 4.79 Å². The van der Waals surface area contributed by atoms with Crippen molar-refractivity contribution in [3.05, 3.63) is 59.8 Å². The van der Waals surface area contributed by atoms with E-state index in [0.717, 1.165) is 5.52 Å². The number of nitrogens with zero attached hydrogens (tertiary/aromatic N) is 1. The lowest BCUT2D eigenvalue weighted by Gasteiger charge is -2.03. The van der Waals surface area contributed by atoms with Crippen molar-refractivity contribution in [1.29, 1.82) is 0 Å². The van der Waals surface area contributed by atoms with Crippen LogP contribution < -0.4 is 5.32 Å². The van der Waals surface area contributed by atoms with Crippen LogP contribution in [0.4, 0.5) is 0 Å². The summed E-state index contributed by atoms with van der Waals surface area (Å²) >= 11 is 1.75. The highest BCUT2D eigenvalue weighted by molar-refractivity contribution is 7.99. The molecule has 112 valence electrons. The molecule has 3 rings (SSSR count). The number of aryl methyl sites for hydroxylation is 2. The van der Waals surface area contributed by atoms with Gasteiger partial charge in [0.1, 0.15) is 0 Å². The number of hydrogen-bond acceptors (Lipinski definition) is 2. The molecule has 0 spiro atoms. The van der Waals surface area contributed by atoms with Crippen LogP contribution in [-0.4, -0.2) is 17.5 Å². The summed E-state index contributed by atoms with van der Waals surface area (Å²) in [7, 11) is 3.66. The van der Waals surface area contributed by atoms with Crippen LogP contribution >= 0.6 is 11.8 Å². The average molecular weight is 310 g/mol. The molecule has 1 amide bonds. The fourth-order valence-electron chi connectivity index (χ4n) is 2.45. The first kappa shape index (κ1) is 14.7. The normalized spacial score (nSPS) is 10.9. The Balaban J connectivity index is 2.00. The Morgan fingerprint density at radius 2 is 1.86 bits per heavy atom. The number of carbonyl (C=O) groups excluding carboxylic acids is 1. The van der Waals surface area contributed by atoms with Crippen molar-refractivity contribution in [2.45, 2.75) is 16.7 Å². The molecular formula is C18H18N2OS. The number of hydrogen-bond donors (Lipinski definition) is 1. The number of rotatable bonds is 3. The van der Waals surface area contributed by atoms with E-state index in [1.807, 2.05) is 25.2 Å². The van der Waals surface area contributed by atoms with E-state index in [9.17, 15) is 4.79 Å². The van der Waals surface area contributed by atoms with Crippen molar-refractivity contribution in [2.75, 3.05) is 7.05 Å². The molecule has 3 nitrogen and oxygen atoms in total. The maximum Gasteiger partial charge on any atom is 0.251 e. The summed E-state index contributed by atoms with van der Waals surface area (Å²) < 4.78 is 2.07. The topological polar surface area (TPSA) is 34.0 Å². The first-order valence-corrected chi connectivity index (χ1v) is 7.96. The molecule has 0 aliphatic heterocycles. The third kappa shape index (κ3) is 2.74. The van der Waals surface area contributed by atoms with Crippen LogP contribution in [0.2, 0.25) is 0 Å². The number of carbonyl (C=O) groups is 1. The van der Waals surface area contributed by atoms with Gasteiger partial charge in [0.05, 0.1) is 0 Å². The van der Waals surface area contributed by atoms with Gasteiger partial charge in [0.25, 0.3) is 5.91 Å². The van der Waals surface area contributed by atoms with Crippen molar-refractivity contribution in [3.8, 4) is 0 Å². The molecule has 0 saturated heterocycles. The van der Waals surface area contributed by atoms with Crippen LogP contribution in [0.3, 0.4) is 0 Å². The fourth-order valence-corrected chi connectivity index (χ4v) is 3.47. The van der Waals surface area contributed by atoms with Gasteiger partial charge in [-0.05, 0) is 31.2 Å². The second-order valence-corrected chi connectivity index (χ2v) is 6.45. The van der Waals surface area contributed by atoms with Gasteiger partial charge in [-0.15, -0.1) is 0 Å². The zero-order valence-corrected chi connectivity index (χ0v) is 13.7. The first-order chi connectivity index (χ1) is 10.6. The lowest BCUT2D eigenvalue weighted by molar-refractivity contribution is 0.0963. The zero-order valence-electron chi connectivity index (χ0n) is 12.9. The van der Waals surface area contributed by atoms with E-state index in [-0.39, 0.29) is 5.91 Å². The molecule has 2 aromatic carbocycles. The Kier molecular flexibility index (Phi) is 3.94. The highest BCUT2D eigenvalue weighted by Gasteiger charge is 2.11. The smallest absolute Gasteiger partial charge is 0.251 e. The molecule has 3 aromatic rings. The second-order valence-electron chi connectivity index (χ2n) is 5.33. The van der Waals surface area contributed by atoms with Crippen molar-refractivity contribution < 1.29 is 4.79 Å². The minimum absolute atomic E-state index is 0.0594. The molecule has 4 heteroatoms. The second kappa shape index (κ2) is 5.89. The molecule has 0 saturated carbocycles. The summed E-state index contributed by atoms with van der Waals surface area (Å²) in [6.45, 7) is 2.09. The molecule has 1 aromatic heterocycles. The lowest BCUT2D eigenvalue weighted by atomic mass is 10.1. The Morgan fingerprint density at radius 1 is 1.14 bits per heavy atom. The van der Waals surface area contributed by atoms with Crippen molar-refractivity contribution in [1.82, 2.24) is 9.88 Å². The SMILES string of the molecule is CNC(=O)c1ccc2c(Sc3ccc(C)cc3)cn(C)c2c1. The highest BCUT2D eigenvalue weighted by atomic mass is 32.2. The van der Waals surface area contributed by atoms with Gasteiger partial charge in [0.15, 0.2) is 0 Å². The third-order valence-electron chi connectivity index (χ3n) is 3.69. The summed E-state index contributed by atoms with van der Waals surface area (Å²) in [5.74, 6) is -0.0594. The number of aromatic nitrogens is 1. The van der Waals surface area contributed by atoms with Crippen LogP contribution in [0.25, 0.3) is 10.9 Å². The monoisotopic (exact) mass is 310 g/mol. The minimum atomic E-state index is -0.0594. The van der Waals surface area contributed by atoms with E-state index in [1.54, 1.807) is 18.8 Å². The van der Waals surface area contributed by atoms with E-state index in [2.05, 4.69) is 47.3 Å². The molecule has 0 fully saturated rings. The van der Waals surface area contributed by atoms with Crippen LogP contribution in [0.5, 0.6) is 0 Å². The predicted molar refractivity (Wildman–Crippen MR) is 91.6 cm³/mol. The van der Waals surface area contributed by atoms with E-state index in [4.69, 9.17) is 0 Å². The molecule has 0 aliphatic carbocycles. The van der Waals surface area contributed by atoms with Gasteiger partial charge in [-0.1, -0.05) is 35.5 Å². The molecule has 0 unspecified atom stereocenters. The zero-order chi connectivity index (χ0) is 15.7. The van der Waals surface area contributed by atoms with E-state index in [1.165, 1.54) is 20.7 Å². The van der Waals surface area contributed by atoms with Crippen molar-refractivity contribution in [2.24, 2.45) is 7.05 Å². The van der Waals surface area contributed by atoms with E-state index < -0.39 is 0 Å². The average Bonchev–Trinajstić information content (AvgIpc) is 2.84. The van der Waals surface area contributed by atoms with Crippen molar-refractivity contribution >= 4 is 28.6 Å². The Bertz CT molecular complexity index is 834. The Labute approximate surface area is 134 Å². The van der Waals surface area contributed by atoms with Gasteiger partial charge < -0.3 is 9.88 Å².